The van der Waals surface area contributed by atoms with Gasteiger partial charge in [0.2, 0.25) is 11.8 Å². The number of hydrogen-bond donors (Lipinski definition) is 3. The van der Waals surface area contributed by atoms with Crippen molar-refractivity contribution in [3.05, 3.63) is 0 Å². The number of carbonyl (C=O) groups is 3. The van der Waals surface area contributed by atoms with Gasteiger partial charge in [-0.25, -0.2) is 0 Å². The second-order valence-electron chi connectivity index (χ2n) is 6.94. The van der Waals surface area contributed by atoms with E-state index in [1.165, 1.54) is 39.0 Å². The minimum absolute atomic E-state index is 0.0557. The molecule has 1 heterocycles. The van der Waals surface area contributed by atoms with E-state index in [1.807, 2.05) is 0 Å². The number of likely N-dealkylation sites (tertiary alicyclic amines) is 1. The van der Waals surface area contributed by atoms with E-state index in [-0.39, 0.29) is 18.4 Å². The number of carboxylic acids is 1. The lowest BCUT2D eigenvalue weighted by Gasteiger charge is -2.26. The Morgan fingerprint density at radius 1 is 1.12 bits per heavy atom. The number of carbonyl (C=O) groups excluding carboxylic acids is 2. The van der Waals surface area contributed by atoms with Crippen molar-refractivity contribution < 1.29 is 19.5 Å². The van der Waals surface area contributed by atoms with E-state index in [4.69, 9.17) is 5.11 Å². The van der Waals surface area contributed by atoms with E-state index >= 15 is 0 Å². The van der Waals surface area contributed by atoms with Crippen molar-refractivity contribution in [3.63, 3.8) is 0 Å². The van der Waals surface area contributed by atoms with Crippen molar-refractivity contribution >= 4 is 17.8 Å². The summed E-state index contributed by atoms with van der Waals surface area (Å²) in [5.74, 6) is -0.714. The molecule has 7 nitrogen and oxygen atoms in total. The summed E-state index contributed by atoms with van der Waals surface area (Å²) in [6, 6.07) is -1.20. The van der Waals surface area contributed by atoms with Crippen LogP contribution in [-0.2, 0) is 14.4 Å². The molecule has 2 atom stereocenters. The van der Waals surface area contributed by atoms with Crippen molar-refractivity contribution in [1.82, 2.24) is 15.5 Å². The van der Waals surface area contributed by atoms with Gasteiger partial charge in [-0.3, -0.25) is 19.7 Å². The van der Waals surface area contributed by atoms with E-state index in [1.54, 1.807) is 4.90 Å². The number of nitrogens with one attached hydrogen (secondary N) is 2. The predicted octanol–water partition coefficient (Wildman–Crippen LogP) is 0.737. The standard InChI is InChI=1S/C17H29N3O4/c1-12(17(23)24)18-11-15(21)20-9-5-8-14(20)16(22)19-10-13-6-3-2-4-7-13/h12-14,18H,2-11H2,1H3,(H,19,22)(H,23,24)/t12-,14?/m1/s1. The second kappa shape index (κ2) is 9.01. The van der Waals surface area contributed by atoms with Crippen LogP contribution in [0, 0.1) is 5.92 Å². The van der Waals surface area contributed by atoms with Gasteiger partial charge in [0.15, 0.2) is 0 Å². The fourth-order valence-corrected chi connectivity index (χ4v) is 3.52. The number of aliphatic carboxylic acids is 1. The quantitative estimate of drug-likeness (QED) is 0.635. The average molecular weight is 339 g/mol. The normalized spacial score (nSPS) is 23.0. The number of hydrogen-bond acceptors (Lipinski definition) is 4. The second-order valence-corrected chi connectivity index (χ2v) is 6.94. The molecule has 7 heteroatoms. The molecule has 3 N–H and O–H groups in total. The van der Waals surface area contributed by atoms with Gasteiger partial charge in [0.05, 0.1) is 6.54 Å². The molecule has 136 valence electrons. The summed E-state index contributed by atoms with van der Waals surface area (Å²) in [4.78, 5) is 37.1. The van der Waals surface area contributed by atoms with Crippen LogP contribution < -0.4 is 10.6 Å². The third-order valence-corrected chi connectivity index (χ3v) is 5.10. The Bertz CT molecular complexity index is 463. The average Bonchev–Trinajstić information content (AvgIpc) is 3.08. The molecular weight excluding hydrogens is 310 g/mol. The van der Waals surface area contributed by atoms with Crippen LogP contribution in [0.25, 0.3) is 0 Å². The lowest BCUT2D eigenvalue weighted by Crippen LogP contribution is -2.50. The molecule has 0 aromatic carbocycles. The van der Waals surface area contributed by atoms with Crippen LogP contribution in [0.2, 0.25) is 0 Å². The number of rotatable bonds is 7. The summed E-state index contributed by atoms with van der Waals surface area (Å²) < 4.78 is 0. The Morgan fingerprint density at radius 3 is 2.50 bits per heavy atom. The largest absolute Gasteiger partial charge is 0.480 e. The Labute approximate surface area is 143 Å². The Morgan fingerprint density at radius 2 is 1.83 bits per heavy atom. The first-order chi connectivity index (χ1) is 11.5. The molecule has 2 fully saturated rings. The lowest BCUT2D eigenvalue weighted by atomic mass is 9.89. The maximum atomic E-state index is 12.4. The van der Waals surface area contributed by atoms with E-state index in [0.717, 1.165) is 6.42 Å². The fraction of sp³-hybridized carbons (Fsp3) is 0.824. The molecule has 0 aromatic heterocycles. The molecular formula is C17H29N3O4. The monoisotopic (exact) mass is 339 g/mol. The zero-order valence-corrected chi connectivity index (χ0v) is 14.4. The Hall–Kier alpha value is -1.63. The van der Waals surface area contributed by atoms with Crippen LogP contribution in [0.1, 0.15) is 51.9 Å². The highest BCUT2D eigenvalue weighted by Gasteiger charge is 2.34. The van der Waals surface area contributed by atoms with Gasteiger partial charge in [0.1, 0.15) is 12.1 Å². The molecule has 1 unspecified atom stereocenters. The first-order valence-electron chi connectivity index (χ1n) is 9.02. The van der Waals surface area contributed by atoms with Gasteiger partial charge in [0, 0.05) is 13.1 Å². The molecule has 0 radical (unpaired) electrons. The summed E-state index contributed by atoms with van der Waals surface area (Å²) in [6.07, 6.45) is 7.59. The van der Waals surface area contributed by atoms with Gasteiger partial charge >= 0.3 is 5.97 Å². The van der Waals surface area contributed by atoms with Crippen LogP contribution in [0.3, 0.4) is 0 Å². The van der Waals surface area contributed by atoms with E-state index < -0.39 is 18.1 Å². The van der Waals surface area contributed by atoms with Crippen LogP contribution in [0.5, 0.6) is 0 Å². The van der Waals surface area contributed by atoms with Crippen LogP contribution in [0.4, 0.5) is 0 Å². The van der Waals surface area contributed by atoms with Crippen molar-refractivity contribution in [2.75, 3.05) is 19.6 Å². The molecule has 2 amide bonds. The van der Waals surface area contributed by atoms with Crippen molar-refractivity contribution in [2.45, 2.75) is 64.0 Å². The third kappa shape index (κ3) is 5.19. The minimum atomic E-state index is -0.994. The zero-order valence-electron chi connectivity index (χ0n) is 14.4. The number of amides is 2. The third-order valence-electron chi connectivity index (χ3n) is 5.10. The van der Waals surface area contributed by atoms with Gasteiger partial charge in [-0.1, -0.05) is 19.3 Å². The predicted molar refractivity (Wildman–Crippen MR) is 89.4 cm³/mol. The molecule has 2 aliphatic rings. The molecule has 1 aliphatic heterocycles. The van der Waals surface area contributed by atoms with Gasteiger partial charge in [-0.2, -0.15) is 0 Å². The minimum Gasteiger partial charge on any atom is -0.480 e. The Balaban J connectivity index is 1.79. The summed E-state index contributed by atoms with van der Waals surface area (Å²) in [6.45, 7) is 2.70. The molecule has 0 spiro atoms. The van der Waals surface area contributed by atoms with Crippen LogP contribution >= 0.6 is 0 Å². The first-order valence-corrected chi connectivity index (χ1v) is 9.02. The molecule has 24 heavy (non-hydrogen) atoms. The molecule has 2 rings (SSSR count). The molecule has 1 aliphatic carbocycles. The summed E-state index contributed by atoms with van der Waals surface area (Å²) in [7, 11) is 0. The lowest BCUT2D eigenvalue weighted by molar-refractivity contribution is -0.140. The zero-order chi connectivity index (χ0) is 17.5. The summed E-state index contributed by atoms with van der Waals surface area (Å²) in [5, 5.41) is 14.5. The van der Waals surface area contributed by atoms with Crippen LogP contribution in [0.15, 0.2) is 0 Å². The maximum absolute atomic E-state index is 12.4. The van der Waals surface area contributed by atoms with Crippen molar-refractivity contribution in [1.29, 1.82) is 0 Å². The van der Waals surface area contributed by atoms with Crippen molar-refractivity contribution in [2.24, 2.45) is 5.92 Å². The molecule has 1 saturated carbocycles. The molecule has 0 bridgehead atoms. The van der Waals surface area contributed by atoms with Gasteiger partial charge < -0.3 is 15.3 Å². The van der Waals surface area contributed by atoms with E-state index in [0.29, 0.717) is 25.4 Å². The summed E-state index contributed by atoms with van der Waals surface area (Å²) in [5.41, 5.74) is 0. The maximum Gasteiger partial charge on any atom is 0.320 e. The topological polar surface area (TPSA) is 98.7 Å². The highest BCUT2D eigenvalue weighted by Crippen LogP contribution is 2.23. The SMILES string of the molecule is C[C@@H](NCC(=O)N1CCCC1C(=O)NCC1CCCCC1)C(=O)O. The Kier molecular flexibility index (Phi) is 7.02. The van der Waals surface area contributed by atoms with Gasteiger partial charge in [0.25, 0.3) is 0 Å². The number of nitrogens with zero attached hydrogens (tertiary/aromatic N) is 1. The first kappa shape index (κ1) is 18.7. The fourth-order valence-electron chi connectivity index (χ4n) is 3.52. The van der Waals surface area contributed by atoms with Crippen molar-refractivity contribution in [3.8, 4) is 0 Å². The summed E-state index contributed by atoms with van der Waals surface area (Å²) >= 11 is 0. The highest BCUT2D eigenvalue weighted by molar-refractivity contribution is 5.89. The van der Waals surface area contributed by atoms with E-state index in [2.05, 4.69) is 10.6 Å². The molecule has 1 saturated heterocycles. The molecule has 0 aromatic rings. The van der Waals surface area contributed by atoms with Crippen LogP contribution in [-0.4, -0.2) is 59.5 Å². The number of carboxylic acid groups (broad SMARTS) is 1. The van der Waals surface area contributed by atoms with E-state index in [9.17, 15) is 14.4 Å². The highest BCUT2D eigenvalue weighted by atomic mass is 16.4. The van der Waals surface area contributed by atoms with Gasteiger partial charge in [-0.05, 0) is 38.5 Å². The smallest absolute Gasteiger partial charge is 0.320 e. The van der Waals surface area contributed by atoms with Gasteiger partial charge in [-0.15, -0.1) is 0 Å².